The van der Waals surface area contributed by atoms with Gasteiger partial charge in [0.2, 0.25) is 15.9 Å². The van der Waals surface area contributed by atoms with Gasteiger partial charge in [-0.3, -0.25) is 4.79 Å². The molecule has 0 heterocycles. The minimum atomic E-state index is -3.80. The first kappa shape index (κ1) is 16.2. The molecule has 122 valence electrons. The third-order valence-corrected chi connectivity index (χ3v) is 4.54. The number of benzene rings is 3. The Kier molecular flexibility index (Phi) is 4.33. The number of anilines is 1. The summed E-state index contributed by atoms with van der Waals surface area (Å²) in [4.78, 5) is 12.2. The van der Waals surface area contributed by atoms with E-state index in [-0.39, 0.29) is 17.2 Å². The van der Waals surface area contributed by atoms with Crippen molar-refractivity contribution in [3.05, 3.63) is 72.3 Å². The number of fused-ring (bicyclic) bond motifs is 1. The van der Waals surface area contributed by atoms with Crippen molar-refractivity contribution in [2.75, 3.05) is 5.32 Å². The highest BCUT2D eigenvalue weighted by Crippen LogP contribution is 2.17. The first-order chi connectivity index (χ1) is 11.4. The molecule has 6 heteroatoms. The summed E-state index contributed by atoms with van der Waals surface area (Å²) in [5.74, 6) is -0.225. The van der Waals surface area contributed by atoms with Crippen LogP contribution in [0.2, 0.25) is 0 Å². The second kappa shape index (κ2) is 6.43. The molecule has 0 radical (unpaired) electrons. The molecule has 3 rings (SSSR count). The number of sulfonamides is 1. The first-order valence-electron chi connectivity index (χ1n) is 7.32. The molecule has 0 saturated heterocycles. The number of carbonyl (C=O) groups excluding carboxylic acids is 1. The van der Waals surface area contributed by atoms with E-state index in [0.717, 1.165) is 16.3 Å². The molecule has 0 aliphatic heterocycles. The van der Waals surface area contributed by atoms with E-state index in [2.05, 4.69) is 5.32 Å². The first-order valence-corrected chi connectivity index (χ1v) is 8.87. The van der Waals surface area contributed by atoms with Gasteiger partial charge in [0.1, 0.15) is 0 Å². The zero-order chi connectivity index (χ0) is 17.2. The summed E-state index contributed by atoms with van der Waals surface area (Å²) in [6, 6.07) is 19.6. The standard InChI is InChI=1S/C18H16N2O3S/c19-24(22,23)17-7-3-6-16(12-17)20-18(21)11-13-8-9-14-4-1-2-5-15(14)10-13/h1-10,12H,11H2,(H,20,21)(H2,19,22,23). The minimum Gasteiger partial charge on any atom is -0.326 e. The van der Waals surface area contributed by atoms with Crippen molar-refractivity contribution in [2.45, 2.75) is 11.3 Å². The van der Waals surface area contributed by atoms with Crippen LogP contribution < -0.4 is 10.5 Å². The number of hydrogen-bond donors (Lipinski definition) is 2. The molecule has 0 aromatic heterocycles. The van der Waals surface area contributed by atoms with Crippen molar-refractivity contribution in [1.29, 1.82) is 0 Å². The van der Waals surface area contributed by atoms with Crippen LogP contribution in [0.4, 0.5) is 5.69 Å². The molecule has 5 nitrogen and oxygen atoms in total. The van der Waals surface area contributed by atoms with Crippen molar-refractivity contribution in [3.8, 4) is 0 Å². The van der Waals surface area contributed by atoms with E-state index >= 15 is 0 Å². The third-order valence-electron chi connectivity index (χ3n) is 3.62. The second-order valence-corrected chi connectivity index (χ2v) is 7.04. The molecule has 0 bridgehead atoms. The highest BCUT2D eigenvalue weighted by Gasteiger charge is 2.10. The van der Waals surface area contributed by atoms with Gasteiger partial charge in [0, 0.05) is 5.69 Å². The van der Waals surface area contributed by atoms with Crippen LogP contribution in [-0.4, -0.2) is 14.3 Å². The summed E-state index contributed by atoms with van der Waals surface area (Å²) >= 11 is 0. The van der Waals surface area contributed by atoms with Crippen molar-refractivity contribution in [3.63, 3.8) is 0 Å². The van der Waals surface area contributed by atoms with Crippen LogP contribution in [0.1, 0.15) is 5.56 Å². The van der Waals surface area contributed by atoms with Gasteiger partial charge < -0.3 is 5.32 Å². The van der Waals surface area contributed by atoms with Gasteiger partial charge >= 0.3 is 0 Å². The molecule has 0 aliphatic rings. The number of hydrogen-bond acceptors (Lipinski definition) is 3. The Morgan fingerprint density at radius 1 is 0.917 bits per heavy atom. The van der Waals surface area contributed by atoms with E-state index in [4.69, 9.17) is 5.14 Å². The van der Waals surface area contributed by atoms with Gasteiger partial charge in [-0.15, -0.1) is 0 Å². The Morgan fingerprint density at radius 2 is 1.67 bits per heavy atom. The fourth-order valence-corrected chi connectivity index (χ4v) is 3.05. The van der Waals surface area contributed by atoms with Crippen LogP contribution in [0.15, 0.2) is 71.6 Å². The van der Waals surface area contributed by atoms with Gasteiger partial charge in [-0.1, -0.05) is 48.5 Å². The summed E-state index contributed by atoms with van der Waals surface area (Å²) in [5.41, 5.74) is 1.28. The Labute approximate surface area is 140 Å². The smallest absolute Gasteiger partial charge is 0.238 e. The average molecular weight is 340 g/mol. The summed E-state index contributed by atoms with van der Waals surface area (Å²) in [6.07, 6.45) is 0.199. The second-order valence-electron chi connectivity index (χ2n) is 5.48. The molecule has 3 aromatic carbocycles. The van der Waals surface area contributed by atoms with Crippen LogP contribution in [-0.2, 0) is 21.2 Å². The summed E-state index contributed by atoms with van der Waals surface area (Å²) < 4.78 is 22.7. The maximum Gasteiger partial charge on any atom is 0.238 e. The number of amides is 1. The minimum absolute atomic E-state index is 0.0361. The predicted octanol–water partition coefficient (Wildman–Crippen LogP) is 2.67. The largest absolute Gasteiger partial charge is 0.326 e. The normalized spacial score (nSPS) is 11.4. The van der Waals surface area contributed by atoms with Gasteiger partial charge in [-0.05, 0) is 34.5 Å². The molecule has 0 spiro atoms. The number of primary sulfonamides is 1. The van der Waals surface area contributed by atoms with Gasteiger partial charge in [-0.25, -0.2) is 13.6 Å². The number of carbonyl (C=O) groups is 1. The van der Waals surface area contributed by atoms with Crippen molar-refractivity contribution >= 4 is 32.4 Å². The van der Waals surface area contributed by atoms with Crippen molar-refractivity contribution in [1.82, 2.24) is 0 Å². The highest BCUT2D eigenvalue weighted by molar-refractivity contribution is 7.89. The Morgan fingerprint density at radius 3 is 2.42 bits per heavy atom. The molecular formula is C18H16N2O3S. The van der Waals surface area contributed by atoms with Crippen molar-refractivity contribution < 1.29 is 13.2 Å². The summed E-state index contributed by atoms with van der Waals surface area (Å²) in [5, 5.41) is 9.97. The van der Waals surface area contributed by atoms with Crippen LogP contribution in [0.3, 0.4) is 0 Å². The van der Waals surface area contributed by atoms with Crippen molar-refractivity contribution in [2.24, 2.45) is 5.14 Å². The number of rotatable bonds is 4. The van der Waals surface area contributed by atoms with E-state index in [1.807, 2.05) is 42.5 Å². The molecule has 0 atom stereocenters. The Hall–Kier alpha value is -2.70. The van der Waals surface area contributed by atoms with Crippen LogP contribution in [0, 0.1) is 0 Å². The van der Waals surface area contributed by atoms with E-state index in [0.29, 0.717) is 5.69 Å². The molecule has 1 amide bonds. The fourth-order valence-electron chi connectivity index (χ4n) is 2.49. The van der Waals surface area contributed by atoms with Crippen LogP contribution in [0.25, 0.3) is 10.8 Å². The van der Waals surface area contributed by atoms with Gasteiger partial charge in [-0.2, -0.15) is 0 Å². The third kappa shape index (κ3) is 3.79. The lowest BCUT2D eigenvalue weighted by atomic mass is 10.0. The summed E-state index contributed by atoms with van der Waals surface area (Å²) in [6.45, 7) is 0. The van der Waals surface area contributed by atoms with Gasteiger partial charge in [0.25, 0.3) is 0 Å². The molecule has 3 N–H and O–H groups in total. The van der Waals surface area contributed by atoms with Crippen LogP contribution in [0.5, 0.6) is 0 Å². The zero-order valence-corrected chi connectivity index (χ0v) is 13.6. The summed E-state index contributed by atoms with van der Waals surface area (Å²) in [7, 11) is -3.80. The number of nitrogens with two attached hydrogens (primary N) is 1. The Bertz CT molecular complexity index is 1010. The monoisotopic (exact) mass is 340 g/mol. The maximum absolute atomic E-state index is 12.2. The van der Waals surface area contributed by atoms with E-state index in [1.54, 1.807) is 6.07 Å². The molecule has 0 unspecified atom stereocenters. The molecule has 24 heavy (non-hydrogen) atoms. The lowest BCUT2D eigenvalue weighted by Crippen LogP contribution is -2.16. The lowest BCUT2D eigenvalue weighted by Gasteiger charge is -2.07. The molecule has 0 aliphatic carbocycles. The van der Waals surface area contributed by atoms with E-state index < -0.39 is 10.0 Å². The van der Waals surface area contributed by atoms with E-state index in [9.17, 15) is 13.2 Å². The topological polar surface area (TPSA) is 89.3 Å². The van der Waals surface area contributed by atoms with Gasteiger partial charge in [0.05, 0.1) is 11.3 Å². The van der Waals surface area contributed by atoms with E-state index in [1.165, 1.54) is 18.2 Å². The molecule has 0 fully saturated rings. The molecule has 0 saturated carbocycles. The quantitative estimate of drug-likeness (QED) is 0.765. The average Bonchev–Trinajstić information content (AvgIpc) is 2.54. The molecular weight excluding hydrogens is 324 g/mol. The highest BCUT2D eigenvalue weighted by atomic mass is 32.2. The fraction of sp³-hybridized carbons (Fsp3) is 0.0556. The van der Waals surface area contributed by atoms with Gasteiger partial charge in [0.15, 0.2) is 0 Å². The van der Waals surface area contributed by atoms with Crippen LogP contribution >= 0.6 is 0 Å². The lowest BCUT2D eigenvalue weighted by molar-refractivity contribution is -0.115. The maximum atomic E-state index is 12.2. The molecule has 3 aromatic rings. The SMILES string of the molecule is NS(=O)(=O)c1cccc(NC(=O)Cc2ccc3ccccc3c2)c1. The Balaban J connectivity index is 1.75. The number of nitrogens with one attached hydrogen (secondary N) is 1. The zero-order valence-electron chi connectivity index (χ0n) is 12.8. The predicted molar refractivity (Wildman–Crippen MR) is 94.1 cm³/mol.